The number of esters is 1. The Hall–Kier alpha value is 0.0500. The molecule has 2 unspecified atom stereocenters. The summed E-state index contributed by atoms with van der Waals surface area (Å²) < 4.78 is 22.0. The van der Waals surface area contributed by atoms with Crippen LogP contribution in [0.3, 0.4) is 0 Å². The molecule has 0 aliphatic carbocycles. The van der Waals surface area contributed by atoms with Gasteiger partial charge in [0.05, 0.1) is 10.9 Å². The summed E-state index contributed by atoms with van der Waals surface area (Å²) >= 11 is 20.7. The van der Waals surface area contributed by atoms with Crippen LogP contribution in [-0.2, 0) is 10.3 Å². The first-order valence-corrected chi connectivity index (χ1v) is 10.9. The molecule has 0 saturated heterocycles. The quantitative estimate of drug-likeness (QED) is 0.156. The molecule has 2 nitrogen and oxygen atoms in total. The van der Waals surface area contributed by atoms with E-state index in [0.717, 1.165) is 4.47 Å². The summed E-state index contributed by atoms with van der Waals surface area (Å²) in [7, 11) is 0. The lowest BCUT2D eigenvalue weighted by atomic mass is 9.81. The third-order valence-corrected chi connectivity index (χ3v) is 9.55. The van der Waals surface area contributed by atoms with Gasteiger partial charge in [-0.3, -0.25) is 0 Å². The summed E-state index contributed by atoms with van der Waals surface area (Å²) in [4.78, 5) is 12.7. The molecule has 0 fully saturated rings. The highest BCUT2D eigenvalue weighted by atomic mass is 79.9. The van der Waals surface area contributed by atoms with Crippen molar-refractivity contribution in [3.8, 4) is 0 Å². The van der Waals surface area contributed by atoms with Gasteiger partial charge < -0.3 is 4.74 Å². The van der Waals surface area contributed by atoms with Crippen LogP contribution in [0, 0.1) is 5.82 Å². The number of hydrogen-bond donors (Lipinski definition) is 0. The molecule has 25 heavy (non-hydrogen) atoms. The summed E-state index contributed by atoms with van der Waals surface area (Å²) in [5.41, 5.74) is 0.407. The fourth-order valence-corrected chi connectivity index (χ4v) is 5.86. The van der Waals surface area contributed by atoms with E-state index in [0.29, 0.717) is 36.5 Å². The van der Waals surface area contributed by atoms with Gasteiger partial charge in [-0.2, -0.15) is 0 Å². The van der Waals surface area contributed by atoms with Crippen LogP contribution in [0.15, 0.2) is 42.2 Å². The number of benzene rings is 2. The van der Waals surface area contributed by atoms with Crippen LogP contribution in [0.5, 0.6) is 0 Å². The van der Waals surface area contributed by atoms with Gasteiger partial charge in [0.2, 0.25) is 0 Å². The number of hydrogen-bond acceptors (Lipinski definition) is 2. The Balaban J connectivity index is 2.42. The number of carbonyl (C=O) groups is 1. The zero-order valence-corrected chi connectivity index (χ0v) is 19.8. The average molecular weight is 620 g/mol. The van der Waals surface area contributed by atoms with E-state index in [-0.39, 0.29) is 5.82 Å². The first-order valence-electron chi connectivity index (χ1n) is 7.25. The monoisotopic (exact) mass is 616 g/mol. The van der Waals surface area contributed by atoms with Crippen LogP contribution in [0.2, 0.25) is 0 Å². The van der Waals surface area contributed by atoms with Crippen LogP contribution in [0.4, 0.5) is 4.39 Å². The molecule has 0 radical (unpaired) electrons. The Labute approximate surface area is 183 Å². The summed E-state index contributed by atoms with van der Waals surface area (Å²) in [5, 5.41) is -0.542. The molecule has 0 aromatic heterocycles. The van der Waals surface area contributed by atoms with Crippen LogP contribution in [0.25, 0.3) is 0 Å². The number of ether oxygens (including phenoxy) is 1. The Morgan fingerprint density at radius 1 is 1.08 bits per heavy atom. The molecule has 1 aliphatic heterocycles. The van der Waals surface area contributed by atoms with Crippen molar-refractivity contribution < 1.29 is 13.9 Å². The maximum absolute atomic E-state index is 13.4. The lowest BCUT2D eigenvalue weighted by Crippen LogP contribution is -2.38. The highest BCUT2D eigenvalue weighted by molar-refractivity contribution is 9.15. The zero-order chi connectivity index (χ0) is 18.5. The van der Waals surface area contributed by atoms with Crippen molar-refractivity contribution in [2.45, 2.75) is 24.3 Å². The van der Waals surface area contributed by atoms with E-state index >= 15 is 0 Å². The van der Waals surface area contributed by atoms with Crippen molar-refractivity contribution >= 4 is 81.3 Å². The molecule has 1 heterocycles. The van der Waals surface area contributed by atoms with Gasteiger partial charge in [0.1, 0.15) is 5.82 Å². The van der Waals surface area contributed by atoms with E-state index < -0.39 is 16.9 Å². The molecule has 132 valence electrons. The second-order valence-electron chi connectivity index (χ2n) is 5.51. The largest absolute Gasteiger partial charge is 0.444 e. The summed E-state index contributed by atoms with van der Waals surface area (Å²) in [6.07, 6.45) is 0.545. The molecular formula is C17H10Br4ClFO2. The number of alkyl halides is 1. The van der Waals surface area contributed by atoms with Crippen molar-refractivity contribution in [2.24, 2.45) is 0 Å². The highest BCUT2D eigenvalue weighted by Crippen LogP contribution is 2.55. The Kier molecular flexibility index (Phi) is 5.72. The van der Waals surface area contributed by atoms with Gasteiger partial charge in [-0.15, -0.1) is 11.6 Å². The van der Waals surface area contributed by atoms with E-state index in [9.17, 15) is 9.18 Å². The predicted molar refractivity (Wildman–Crippen MR) is 110 cm³/mol. The standard InChI is InChI=1S/C17H10Br4ClFO2/c1-2-9(22)17(7-3-5-8(23)6-4-7)11-10(16(24)25-17)12(18)14(20)15(21)13(11)19/h3-6,9H,2H2,1H3. The number of cyclic esters (lactones) is 1. The minimum absolute atomic E-state index is 0.372. The molecule has 0 N–H and O–H groups in total. The minimum Gasteiger partial charge on any atom is -0.444 e. The highest BCUT2D eigenvalue weighted by Gasteiger charge is 2.54. The molecule has 2 aromatic rings. The average Bonchev–Trinajstić information content (AvgIpc) is 2.92. The van der Waals surface area contributed by atoms with Crippen molar-refractivity contribution in [2.75, 3.05) is 0 Å². The number of halogens is 6. The second-order valence-corrected chi connectivity index (χ2v) is 9.21. The first-order chi connectivity index (χ1) is 11.8. The maximum Gasteiger partial charge on any atom is 0.341 e. The third-order valence-electron chi connectivity index (χ3n) is 4.17. The molecule has 2 atom stereocenters. The molecule has 0 spiro atoms. The maximum atomic E-state index is 13.4. The van der Waals surface area contributed by atoms with Crippen molar-refractivity contribution in [1.29, 1.82) is 0 Å². The Bertz CT molecular complexity index is 872. The van der Waals surface area contributed by atoms with Gasteiger partial charge in [0, 0.05) is 29.0 Å². The van der Waals surface area contributed by atoms with Crippen molar-refractivity contribution in [3.63, 3.8) is 0 Å². The summed E-state index contributed by atoms with van der Waals surface area (Å²) in [6, 6.07) is 5.86. The van der Waals surface area contributed by atoms with Crippen LogP contribution < -0.4 is 0 Å². The summed E-state index contributed by atoms with van der Waals surface area (Å²) in [6.45, 7) is 1.91. The fourth-order valence-electron chi connectivity index (χ4n) is 3.01. The fraction of sp³-hybridized carbons (Fsp3) is 0.235. The van der Waals surface area contributed by atoms with Gasteiger partial charge in [-0.25, -0.2) is 9.18 Å². The van der Waals surface area contributed by atoms with Gasteiger partial charge >= 0.3 is 5.97 Å². The molecule has 2 aromatic carbocycles. The van der Waals surface area contributed by atoms with Crippen LogP contribution in [0.1, 0.15) is 34.8 Å². The number of fused-ring (bicyclic) bond motifs is 1. The molecule has 0 amide bonds. The molecule has 0 saturated carbocycles. The SMILES string of the molecule is CCC(Cl)C1(c2ccc(F)cc2)OC(=O)c2c(Br)c(Br)c(Br)c(Br)c21. The lowest BCUT2D eigenvalue weighted by Gasteiger charge is -2.34. The third kappa shape index (κ3) is 2.94. The van der Waals surface area contributed by atoms with E-state index in [2.05, 4.69) is 63.7 Å². The smallest absolute Gasteiger partial charge is 0.341 e. The second kappa shape index (κ2) is 7.23. The topological polar surface area (TPSA) is 26.3 Å². The lowest BCUT2D eigenvalue weighted by molar-refractivity contribution is 0.00835. The predicted octanol–water partition coefficient (Wildman–Crippen LogP) is 7.31. The van der Waals surface area contributed by atoms with Gasteiger partial charge in [0.15, 0.2) is 5.60 Å². The van der Waals surface area contributed by atoms with E-state index in [4.69, 9.17) is 16.3 Å². The molecule has 0 bridgehead atoms. The van der Waals surface area contributed by atoms with E-state index in [1.807, 2.05) is 6.92 Å². The molecule has 3 rings (SSSR count). The zero-order valence-electron chi connectivity index (χ0n) is 12.7. The molecule has 1 aliphatic rings. The van der Waals surface area contributed by atoms with Gasteiger partial charge in [-0.05, 0) is 82.3 Å². The van der Waals surface area contributed by atoms with Crippen molar-refractivity contribution in [3.05, 3.63) is 64.7 Å². The van der Waals surface area contributed by atoms with E-state index in [1.165, 1.54) is 12.1 Å². The Morgan fingerprint density at radius 3 is 2.20 bits per heavy atom. The van der Waals surface area contributed by atoms with Gasteiger partial charge in [-0.1, -0.05) is 19.1 Å². The normalized spacial score (nSPS) is 20.4. The minimum atomic E-state index is -1.22. The number of carbonyl (C=O) groups excluding carboxylic acids is 1. The van der Waals surface area contributed by atoms with E-state index in [1.54, 1.807) is 12.1 Å². The molecule has 8 heteroatoms. The van der Waals surface area contributed by atoms with Crippen molar-refractivity contribution in [1.82, 2.24) is 0 Å². The Morgan fingerprint density at radius 2 is 1.64 bits per heavy atom. The summed E-state index contributed by atoms with van der Waals surface area (Å²) in [5.74, 6) is -0.859. The first kappa shape index (κ1) is 19.8. The molecular weight excluding hydrogens is 610 g/mol. The van der Waals surface area contributed by atoms with Crippen LogP contribution >= 0.6 is 75.3 Å². The van der Waals surface area contributed by atoms with Gasteiger partial charge in [0.25, 0.3) is 0 Å². The number of rotatable bonds is 3. The van der Waals surface area contributed by atoms with Crippen LogP contribution in [-0.4, -0.2) is 11.3 Å².